The Hall–Kier alpha value is -0.500. The third-order valence-electron chi connectivity index (χ3n) is 2.75. The number of carbonyl (C=O) groups excluding carboxylic acids is 1. The van der Waals surface area contributed by atoms with Gasteiger partial charge in [0.05, 0.1) is 0 Å². The number of allylic oxidation sites excluding steroid dienone is 2. The Bertz CT molecular complexity index is 216. The van der Waals surface area contributed by atoms with Gasteiger partial charge in [0.15, 0.2) is 0 Å². The van der Waals surface area contributed by atoms with Crippen LogP contribution in [0.4, 0.5) is 0 Å². The second-order valence-electron chi connectivity index (χ2n) is 4.10. The molecule has 15 heavy (non-hydrogen) atoms. The molecule has 1 unspecified atom stereocenters. The van der Waals surface area contributed by atoms with E-state index in [0.29, 0.717) is 18.2 Å². The quantitative estimate of drug-likeness (QED) is 0.424. The molecule has 1 amide bonds. The van der Waals surface area contributed by atoms with Crippen LogP contribution < -0.4 is 5.32 Å². The maximum absolute atomic E-state index is 11.4. The molecular weight excluding hydrogens is 210 g/mol. The highest BCUT2D eigenvalue weighted by atomic mass is 35.5. The lowest BCUT2D eigenvalue weighted by Gasteiger charge is -2.17. The highest BCUT2D eigenvalue weighted by Crippen LogP contribution is 2.16. The van der Waals surface area contributed by atoms with Crippen molar-refractivity contribution >= 4 is 17.5 Å². The van der Waals surface area contributed by atoms with E-state index in [2.05, 4.69) is 17.5 Å². The van der Waals surface area contributed by atoms with Crippen molar-refractivity contribution in [2.24, 2.45) is 5.92 Å². The molecule has 0 saturated carbocycles. The van der Waals surface area contributed by atoms with E-state index in [1.165, 1.54) is 6.42 Å². The van der Waals surface area contributed by atoms with Gasteiger partial charge < -0.3 is 5.32 Å². The molecule has 0 aromatic rings. The first-order valence-corrected chi connectivity index (χ1v) is 6.34. The third kappa shape index (κ3) is 5.83. The van der Waals surface area contributed by atoms with Gasteiger partial charge in [-0.3, -0.25) is 4.79 Å². The van der Waals surface area contributed by atoms with Crippen LogP contribution in [0.1, 0.15) is 38.5 Å². The van der Waals surface area contributed by atoms with E-state index in [1.807, 2.05) is 0 Å². The summed E-state index contributed by atoms with van der Waals surface area (Å²) < 4.78 is 0. The van der Waals surface area contributed by atoms with Crippen molar-refractivity contribution in [3.63, 3.8) is 0 Å². The Kier molecular flexibility index (Phi) is 6.49. The van der Waals surface area contributed by atoms with Crippen molar-refractivity contribution in [3.05, 3.63) is 12.2 Å². The third-order valence-corrected chi connectivity index (χ3v) is 3.02. The summed E-state index contributed by atoms with van der Waals surface area (Å²) in [6, 6.07) is 0. The summed E-state index contributed by atoms with van der Waals surface area (Å²) in [5.74, 6) is 1.47. The van der Waals surface area contributed by atoms with Crippen LogP contribution in [-0.2, 0) is 4.79 Å². The maximum atomic E-state index is 11.4. The van der Waals surface area contributed by atoms with Crippen molar-refractivity contribution in [2.45, 2.75) is 38.5 Å². The van der Waals surface area contributed by atoms with Crippen molar-refractivity contribution in [1.29, 1.82) is 0 Å². The van der Waals surface area contributed by atoms with Crippen molar-refractivity contribution in [2.75, 3.05) is 12.4 Å². The SMILES string of the molecule is O=C(CCCCCl)NCC1CC=CCC1. The van der Waals surface area contributed by atoms with Gasteiger partial charge in [0, 0.05) is 18.8 Å². The smallest absolute Gasteiger partial charge is 0.220 e. The zero-order valence-electron chi connectivity index (χ0n) is 9.18. The fraction of sp³-hybridized carbons (Fsp3) is 0.750. The average Bonchev–Trinajstić information content (AvgIpc) is 2.28. The lowest BCUT2D eigenvalue weighted by molar-refractivity contribution is -0.121. The van der Waals surface area contributed by atoms with E-state index in [4.69, 9.17) is 11.6 Å². The molecule has 1 rings (SSSR count). The molecule has 0 fully saturated rings. The van der Waals surface area contributed by atoms with Gasteiger partial charge in [-0.15, -0.1) is 11.6 Å². The number of halogens is 1. The van der Waals surface area contributed by atoms with Gasteiger partial charge in [-0.05, 0) is 38.0 Å². The summed E-state index contributed by atoms with van der Waals surface area (Å²) in [6.45, 7) is 0.837. The lowest BCUT2D eigenvalue weighted by Crippen LogP contribution is -2.29. The molecule has 0 spiro atoms. The number of amides is 1. The fourth-order valence-electron chi connectivity index (χ4n) is 1.77. The largest absolute Gasteiger partial charge is 0.356 e. The summed E-state index contributed by atoms with van der Waals surface area (Å²) >= 11 is 5.54. The second kappa shape index (κ2) is 7.75. The standard InChI is InChI=1S/C12H20ClNO/c13-9-5-4-8-12(15)14-10-11-6-2-1-3-7-11/h1-2,11H,3-10H2,(H,14,15). The molecule has 1 aliphatic carbocycles. The molecule has 86 valence electrons. The first-order chi connectivity index (χ1) is 7.33. The van der Waals surface area contributed by atoms with Crippen LogP contribution in [0.25, 0.3) is 0 Å². The molecule has 0 bridgehead atoms. The normalized spacial score (nSPS) is 20.2. The van der Waals surface area contributed by atoms with Gasteiger partial charge in [-0.1, -0.05) is 12.2 Å². The van der Waals surface area contributed by atoms with E-state index in [0.717, 1.165) is 32.2 Å². The fourth-order valence-corrected chi connectivity index (χ4v) is 1.96. The topological polar surface area (TPSA) is 29.1 Å². The van der Waals surface area contributed by atoms with E-state index in [-0.39, 0.29) is 5.91 Å². The molecule has 0 aromatic carbocycles. The van der Waals surface area contributed by atoms with Crippen LogP contribution in [0.5, 0.6) is 0 Å². The molecule has 1 N–H and O–H groups in total. The number of alkyl halides is 1. The first kappa shape index (κ1) is 12.6. The molecule has 1 atom stereocenters. The molecule has 1 aliphatic rings. The Labute approximate surface area is 97.1 Å². The number of hydrogen-bond donors (Lipinski definition) is 1. The van der Waals surface area contributed by atoms with E-state index < -0.39 is 0 Å². The van der Waals surface area contributed by atoms with Crippen molar-refractivity contribution in [3.8, 4) is 0 Å². The zero-order chi connectivity index (χ0) is 10.9. The number of nitrogens with one attached hydrogen (secondary N) is 1. The van der Waals surface area contributed by atoms with Gasteiger partial charge in [0.25, 0.3) is 0 Å². The van der Waals surface area contributed by atoms with Gasteiger partial charge in [0.2, 0.25) is 5.91 Å². The molecule has 2 nitrogen and oxygen atoms in total. The minimum absolute atomic E-state index is 0.176. The average molecular weight is 230 g/mol. The Balaban J connectivity index is 2.03. The highest BCUT2D eigenvalue weighted by Gasteiger charge is 2.10. The maximum Gasteiger partial charge on any atom is 0.220 e. The number of hydrogen-bond acceptors (Lipinski definition) is 1. The van der Waals surface area contributed by atoms with Crippen molar-refractivity contribution in [1.82, 2.24) is 5.32 Å². The summed E-state index contributed by atoms with van der Waals surface area (Å²) in [4.78, 5) is 11.4. The van der Waals surface area contributed by atoms with Gasteiger partial charge in [-0.25, -0.2) is 0 Å². The summed E-state index contributed by atoms with van der Waals surface area (Å²) in [5.41, 5.74) is 0. The Morgan fingerprint density at radius 1 is 1.40 bits per heavy atom. The molecule has 0 heterocycles. The molecule has 0 aliphatic heterocycles. The molecule has 0 saturated heterocycles. The van der Waals surface area contributed by atoms with Crippen LogP contribution in [0, 0.1) is 5.92 Å². The van der Waals surface area contributed by atoms with Crippen LogP contribution in [0.3, 0.4) is 0 Å². The van der Waals surface area contributed by atoms with Crippen LogP contribution in [0.15, 0.2) is 12.2 Å². The number of carbonyl (C=O) groups is 1. The summed E-state index contributed by atoms with van der Waals surface area (Å²) in [6.07, 6.45) is 10.4. The molecule has 0 radical (unpaired) electrons. The summed E-state index contributed by atoms with van der Waals surface area (Å²) in [5, 5.41) is 3.00. The minimum Gasteiger partial charge on any atom is -0.356 e. The van der Waals surface area contributed by atoms with Gasteiger partial charge in [-0.2, -0.15) is 0 Å². The van der Waals surface area contributed by atoms with E-state index in [9.17, 15) is 4.79 Å². The summed E-state index contributed by atoms with van der Waals surface area (Å²) in [7, 11) is 0. The lowest BCUT2D eigenvalue weighted by atomic mass is 9.94. The van der Waals surface area contributed by atoms with Crippen LogP contribution >= 0.6 is 11.6 Å². The predicted molar refractivity (Wildman–Crippen MR) is 64.1 cm³/mol. The minimum atomic E-state index is 0.176. The van der Waals surface area contributed by atoms with E-state index in [1.54, 1.807) is 0 Å². The molecular formula is C12H20ClNO. The van der Waals surface area contributed by atoms with Gasteiger partial charge >= 0.3 is 0 Å². The number of unbranched alkanes of at least 4 members (excludes halogenated alkanes) is 1. The zero-order valence-corrected chi connectivity index (χ0v) is 9.93. The van der Waals surface area contributed by atoms with E-state index >= 15 is 0 Å². The predicted octanol–water partition coefficient (Wildman–Crippen LogP) is 2.87. The second-order valence-corrected chi connectivity index (χ2v) is 4.48. The number of rotatable bonds is 6. The molecule has 0 aromatic heterocycles. The van der Waals surface area contributed by atoms with Crippen LogP contribution in [-0.4, -0.2) is 18.3 Å². The Morgan fingerprint density at radius 2 is 2.27 bits per heavy atom. The van der Waals surface area contributed by atoms with Gasteiger partial charge in [0.1, 0.15) is 0 Å². The molecule has 3 heteroatoms. The monoisotopic (exact) mass is 229 g/mol. The Morgan fingerprint density at radius 3 is 2.93 bits per heavy atom. The van der Waals surface area contributed by atoms with Crippen molar-refractivity contribution < 1.29 is 4.79 Å². The van der Waals surface area contributed by atoms with Crippen LogP contribution in [0.2, 0.25) is 0 Å². The first-order valence-electron chi connectivity index (χ1n) is 5.80. The highest BCUT2D eigenvalue weighted by molar-refractivity contribution is 6.17.